The summed E-state index contributed by atoms with van der Waals surface area (Å²) in [5.41, 5.74) is 9.10. The SMILES string of the molecule is COc1cc2c(cc1OC)C(c1ccccc1)N(C(=O)C(C)CN)CC2.Cl. The second-order valence-corrected chi connectivity index (χ2v) is 6.64. The minimum absolute atomic E-state index is 0. The van der Waals surface area contributed by atoms with Crippen molar-refractivity contribution in [2.75, 3.05) is 27.3 Å². The molecular formula is C21H27ClN2O3. The summed E-state index contributed by atoms with van der Waals surface area (Å²) >= 11 is 0. The number of rotatable bonds is 5. The van der Waals surface area contributed by atoms with E-state index in [0.29, 0.717) is 24.6 Å². The van der Waals surface area contributed by atoms with Crippen molar-refractivity contribution in [2.45, 2.75) is 19.4 Å². The summed E-state index contributed by atoms with van der Waals surface area (Å²) in [4.78, 5) is 14.9. The molecule has 0 aromatic heterocycles. The van der Waals surface area contributed by atoms with Gasteiger partial charge in [-0.15, -0.1) is 12.4 Å². The standard InChI is InChI=1S/C21H26N2O3.ClH/c1-14(13-22)21(24)23-10-9-16-11-18(25-2)19(26-3)12-17(16)20(23)15-7-5-4-6-8-15;/h4-8,11-12,14,20H,9-10,13,22H2,1-3H3;1H. The first kappa shape index (κ1) is 21.1. The third-order valence-corrected chi connectivity index (χ3v) is 5.05. The van der Waals surface area contributed by atoms with Gasteiger partial charge in [0.25, 0.3) is 0 Å². The first-order chi connectivity index (χ1) is 12.6. The molecule has 1 heterocycles. The maximum Gasteiger partial charge on any atom is 0.227 e. The van der Waals surface area contributed by atoms with Gasteiger partial charge in [-0.2, -0.15) is 0 Å². The lowest BCUT2D eigenvalue weighted by atomic mass is 9.87. The van der Waals surface area contributed by atoms with E-state index >= 15 is 0 Å². The Morgan fingerprint density at radius 3 is 2.41 bits per heavy atom. The lowest BCUT2D eigenvalue weighted by molar-refractivity contribution is -0.136. The zero-order valence-electron chi connectivity index (χ0n) is 16.0. The number of hydrogen-bond acceptors (Lipinski definition) is 4. The number of nitrogens with two attached hydrogens (primary N) is 1. The van der Waals surface area contributed by atoms with E-state index in [1.54, 1.807) is 14.2 Å². The normalized spacial score (nSPS) is 16.7. The predicted molar refractivity (Wildman–Crippen MR) is 109 cm³/mol. The van der Waals surface area contributed by atoms with E-state index in [4.69, 9.17) is 15.2 Å². The molecule has 0 bridgehead atoms. The van der Waals surface area contributed by atoms with E-state index < -0.39 is 0 Å². The first-order valence-corrected chi connectivity index (χ1v) is 8.91. The number of benzene rings is 2. The van der Waals surface area contributed by atoms with Gasteiger partial charge in [-0.05, 0) is 35.2 Å². The van der Waals surface area contributed by atoms with Gasteiger partial charge >= 0.3 is 0 Å². The molecule has 1 amide bonds. The summed E-state index contributed by atoms with van der Waals surface area (Å²) in [6.45, 7) is 2.88. The van der Waals surface area contributed by atoms with E-state index in [0.717, 1.165) is 17.5 Å². The molecule has 2 aromatic rings. The highest BCUT2D eigenvalue weighted by atomic mass is 35.5. The number of ether oxygens (including phenoxy) is 2. The van der Waals surface area contributed by atoms with Crippen molar-refractivity contribution >= 4 is 18.3 Å². The van der Waals surface area contributed by atoms with Crippen molar-refractivity contribution in [3.8, 4) is 11.5 Å². The second kappa shape index (κ2) is 9.11. The van der Waals surface area contributed by atoms with Crippen molar-refractivity contribution in [2.24, 2.45) is 11.7 Å². The van der Waals surface area contributed by atoms with Gasteiger partial charge in [-0.25, -0.2) is 0 Å². The minimum Gasteiger partial charge on any atom is -0.493 e. The Bertz CT molecular complexity index is 782. The Hall–Kier alpha value is -2.24. The molecule has 0 radical (unpaired) electrons. The van der Waals surface area contributed by atoms with Crippen LogP contribution in [0.25, 0.3) is 0 Å². The average Bonchev–Trinajstić information content (AvgIpc) is 2.71. The van der Waals surface area contributed by atoms with Crippen LogP contribution in [0.15, 0.2) is 42.5 Å². The van der Waals surface area contributed by atoms with Gasteiger partial charge in [-0.1, -0.05) is 37.3 Å². The van der Waals surface area contributed by atoms with Gasteiger partial charge in [0.05, 0.1) is 20.3 Å². The summed E-state index contributed by atoms with van der Waals surface area (Å²) in [6.07, 6.45) is 0.780. The zero-order valence-corrected chi connectivity index (χ0v) is 16.8. The summed E-state index contributed by atoms with van der Waals surface area (Å²) in [5, 5.41) is 0. The Morgan fingerprint density at radius 1 is 1.19 bits per heavy atom. The molecule has 0 fully saturated rings. The molecule has 6 heteroatoms. The number of amides is 1. The first-order valence-electron chi connectivity index (χ1n) is 8.91. The summed E-state index contributed by atoms with van der Waals surface area (Å²) in [7, 11) is 3.27. The van der Waals surface area contributed by atoms with E-state index in [1.807, 2.05) is 42.2 Å². The highest BCUT2D eigenvalue weighted by Crippen LogP contribution is 2.41. The van der Waals surface area contributed by atoms with Crippen LogP contribution in [0, 0.1) is 5.92 Å². The summed E-state index contributed by atoms with van der Waals surface area (Å²) in [6, 6.07) is 14.0. The molecule has 1 aliphatic heterocycles. The highest BCUT2D eigenvalue weighted by Gasteiger charge is 2.34. The molecule has 0 aliphatic carbocycles. The van der Waals surface area contributed by atoms with Crippen molar-refractivity contribution in [3.05, 3.63) is 59.2 Å². The van der Waals surface area contributed by atoms with Gasteiger partial charge in [-0.3, -0.25) is 4.79 Å². The topological polar surface area (TPSA) is 64.8 Å². The maximum atomic E-state index is 13.0. The number of nitrogens with zero attached hydrogens (tertiary/aromatic N) is 1. The lowest BCUT2D eigenvalue weighted by Crippen LogP contribution is -2.44. The van der Waals surface area contributed by atoms with Crippen LogP contribution >= 0.6 is 12.4 Å². The molecule has 146 valence electrons. The van der Waals surface area contributed by atoms with E-state index in [2.05, 4.69) is 12.1 Å². The van der Waals surface area contributed by atoms with E-state index in [9.17, 15) is 4.79 Å². The third-order valence-electron chi connectivity index (χ3n) is 5.05. The molecule has 1 aliphatic rings. The second-order valence-electron chi connectivity index (χ2n) is 6.64. The molecule has 2 aromatic carbocycles. The van der Waals surface area contributed by atoms with E-state index in [1.165, 1.54) is 5.56 Å². The van der Waals surface area contributed by atoms with Crippen LogP contribution in [-0.2, 0) is 11.2 Å². The molecule has 0 saturated heterocycles. The highest BCUT2D eigenvalue weighted by molar-refractivity contribution is 5.85. The molecule has 2 N–H and O–H groups in total. The quantitative estimate of drug-likeness (QED) is 0.851. The Labute approximate surface area is 166 Å². The number of carbonyl (C=O) groups is 1. The molecule has 2 atom stereocenters. The van der Waals surface area contributed by atoms with Crippen LogP contribution < -0.4 is 15.2 Å². The van der Waals surface area contributed by atoms with Gasteiger partial charge in [0.1, 0.15) is 0 Å². The monoisotopic (exact) mass is 390 g/mol. The molecule has 27 heavy (non-hydrogen) atoms. The van der Waals surface area contributed by atoms with Crippen LogP contribution in [0.3, 0.4) is 0 Å². The predicted octanol–water partition coefficient (Wildman–Crippen LogP) is 3.19. The molecule has 5 nitrogen and oxygen atoms in total. The fourth-order valence-corrected chi connectivity index (χ4v) is 3.56. The smallest absolute Gasteiger partial charge is 0.227 e. The molecule has 0 spiro atoms. The van der Waals surface area contributed by atoms with Gasteiger partial charge < -0.3 is 20.1 Å². The summed E-state index contributed by atoms with van der Waals surface area (Å²) < 4.78 is 11.0. The number of halogens is 1. The summed E-state index contributed by atoms with van der Waals surface area (Å²) in [5.74, 6) is 1.27. The Kier molecular flexibility index (Phi) is 7.11. The number of methoxy groups -OCH3 is 2. The van der Waals surface area contributed by atoms with Crippen LogP contribution in [-0.4, -0.2) is 38.1 Å². The van der Waals surface area contributed by atoms with E-state index in [-0.39, 0.29) is 30.3 Å². The number of carbonyl (C=O) groups excluding carboxylic acids is 1. The largest absolute Gasteiger partial charge is 0.493 e. The van der Waals surface area contributed by atoms with Crippen molar-refractivity contribution in [1.29, 1.82) is 0 Å². The van der Waals surface area contributed by atoms with Crippen LogP contribution in [0.2, 0.25) is 0 Å². The van der Waals surface area contributed by atoms with Gasteiger partial charge in [0, 0.05) is 19.0 Å². The molecule has 3 rings (SSSR count). The average molecular weight is 391 g/mol. The minimum atomic E-state index is -0.206. The maximum absolute atomic E-state index is 13.0. The van der Waals surface area contributed by atoms with Crippen LogP contribution in [0.1, 0.15) is 29.7 Å². The third kappa shape index (κ3) is 4.04. The van der Waals surface area contributed by atoms with Crippen molar-refractivity contribution in [1.82, 2.24) is 4.90 Å². The molecular weight excluding hydrogens is 364 g/mol. The Balaban J connectivity index is 0.00000261. The van der Waals surface area contributed by atoms with Crippen molar-refractivity contribution < 1.29 is 14.3 Å². The Morgan fingerprint density at radius 2 is 1.81 bits per heavy atom. The fraction of sp³-hybridized carbons (Fsp3) is 0.381. The molecule has 0 saturated carbocycles. The zero-order chi connectivity index (χ0) is 18.7. The van der Waals surface area contributed by atoms with Gasteiger partial charge in [0.2, 0.25) is 5.91 Å². The van der Waals surface area contributed by atoms with Crippen molar-refractivity contribution in [3.63, 3.8) is 0 Å². The fourth-order valence-electron chi connectivity index (χ4n) is 3.56. The van der Waals surface area contributed by atoms with Crippen LogP contribution in [0.4, 0.5) is 0 Å². The lowest BCUT2D eigenvalue weighted by Gasteiger charge is -2.39. The van der Waals surface area contributed by atoms with Crippen LogP contribution in [0.5, 0.6) is 11.5 Å². The van der Waals surface area contributed by atoms with Gasteiger partial charge in [0.15, 0.2) is 11.5 Å². The number of fused-ring (bicyclic) bond motifs is 1. The number of hydrogen-bond donors (Lipinski definition) is 1. The molecule has 2 unspecified atom stereocenters.